The molecular formula is C15H20N4O2. The third-order valence-electron chi connectivity index (χ3n) is 3.41. The summed E-state index contributed by atoms with van der Waals surface area (Å²) in [5.41, 5.74) is 3.29. The average molecular weight is 288 g/mol. The number of hydrogen-bond donors (Lipinski definition) is 1. The molecule has 1 N–H and O–H groups in total. The Bertz CT molecular complexity index is 608. The Hall–Kier alpha value is -2.37. The van der Waals surface area contributed by atoms with Gasteiger partial charge in [0.15, 0.2) is 0 Å². The fourth-order valence-corrected chi connectivity index (χ4v) is 2.27. The number of carbonyl (C=O) groups excluding carboxylic acids is 2. The Morgan fingerprint density at radius 2 is 2.05 bits per heavy atom. The summed E-state index contributed by atoms with van der Waals surface area (Å²) in [4.78, 5) is 25.5. The molecule has 1 aliphatic heterocycles. The molecule has 0 aromatic heterocycles. The predicted octanol–water partition coefficient (Wildman–Crippen LogP) is 1.61. The fraction of sp³-hybridized carbons (Fsp3) is 0.400. The molecule has 1 aliphatic rings. The van der Waals surface area contributed by atoms with Crippen molar-refractivity contribution in [2.24, 2.45) is 5.10 Å². The van der Waals surface area contributed by atoms with Crippen LogP contribution in [0.3, 0.4) is 0 Å². The number of hydrogen-bond acceptors (Lipinski definition) is 4. The molecule has 2 amide bonds. The van der Waals surface area contributed by atoms with Crippen LogP contribution in [0.2, 0.25) is 0 Å². The zero-order valence-corrected chi connectivity index (χ0v) is 12.8. The predicted molar refractivity (Wildman–Crippen MR) is 83.6 cm³/mol. The smallest absolute Gasteiger partial charge is 0.271 e. The van der Waals surface area contributed by atoms with Crippen LogP contribution in [0, 0.1) is 6.92 Å². The zero-order valence-electron chi connectivity index (χ0n) is 12.8. The first-order valence-electron chi connectivity index (χ1n) is 6.82. The van der Waals surface area contributed by atoms with Gasteiger partial charge in [-0.3, -0.25) is 9.59 Å². The van der Waals surface area contributed by atoms with Gasteiger partial charge in [-0.25, -0.2) is 5.01 Å². The van der Waals surface area contributed by atoms with Crippen LogP contribution in [0.1, 0.15) is 18.4 Å². The lowest BCUT2D eigenvalue weighted by molar-refractivity contribution is -0.130. The van der Waals surface area contributed by atoms with E-state index in [9.17, 15) is 9.59 Å². The highest BCUT2D eigenvalue weighted by molar-refractivity contribution is 6.43. The van der Waals surface area contributed by atoms with E-state index in [1.807, 2.05) is 44.1 Å². The second-order valence-corrected chi connectivity index (χ2v) is 5.31. The maximum absolute atomic E-state index is 12.2. The van der Waals surface area contributed by atoms with E-state index in [2.05, 4.69) is 10.4 Å². The molecule has 112 valence electrons. The minimum Gasteiger partial charge on any atom is -0.377 e. The summed E-state index contributed by atoms with van der Waals surface area (Å²) in [7, 11) is 5.51. The standard InChI is InChI=1S/C15H20N4O2/c1-10-9-11(5-7-13(10)18(2)3)16-15(21)12-6-8-14(20)19(4)17-12/h5,7,9H,6,8H2,1-4H3,(H,16,21). The Labute approximate surface area is 124 Å². The number of aryl methyl sites for hydroxylation is 1. The van der Waals surface area contributed by atoms with Crippen molar-refractivity contribution in [2.75, 3.05) is 31.4 Å². The lowest BCUT2D eigenvalue weighted by Crippen LogP contribution is -2.34. The Morgan fingerprint density at radius 3 is 2.62 bits per heavy atom. The molecule has 2 rings (SSSR count). The van der Waals surface area contributed by atoms with Crippen molar-refractivity contribution in [1.82, 2.24) is 5.01 Å². The summed E-state index contributed by atoms with van der Waals surface area (Å²) >= 11 is 0. The van der Waals surface area contributed by atoms with Crippen LogP contribution < -0.4 is 10.2 Å². The van der Waals surface area contributed by atoms with E-state index in [-0.39, 0.29) is 11.8 Å². The Kier molecular flexibility index (Phi) is 4.26. The lowest BCUT2D eigenvalue weighted by Gasteiger charge is -2.19. The molecule has 0 atom stereocenters. The monoisotopic (exact) mass is 288 g/mol. The van der Waals surface area contributed by atoms with Crippen LogP contribution in [0.4, 0.5) is 11.4 Å². The second-order valence-electron chi connectivity index (χ2n) is 5.31. The van der Waals surface area contributed by atoms with E-state index in [0.717, 1.165) is 16.9 Å². The van der Waals surface area contributed by atoms with Gasteiger partial charge in [-0.1, -0.05) is 0 Å². The van der Waals surface area contributed by atoms with Crippen LogP contribution in [0.25, 0.3) is 0 Å². The van der Waals surface area contributed by atoms with E-state index in [4.69, 9.17) is 0 Å². The van der Waals surface area contributed by atoms with E-state index in [1.165, 1.54) is 5.01 Å². The number of nitrogens with one attached hydrogen (secondary N) is 1. The topological polar surface area (TPSA) is 65.0 Å². The van der Waals surface area contributed by atoms with Crippen molar-refractivity contribution in [3.8, 4) is 0 Å². The molecule has 0 radical (unpaired) electrons. The largest absolute Gasteiger partial charge is 0.377 e. The van der Waals surface area contributed by atoms with Gasteiger partial charge in [-0.05, 0) is 30.7 Å². The maximum atomic E-state index is 12.2. The SMILES string of the molecule is Cc1cc(NC(=O)C2=NN(C)C(=O)CC2)ccc1N(C)C. The van der Waals surface area contributed by atoms with Crippen LogP contribution in [0.15, 0.2) is 23.3 Å². The molecule has 0 fully saturated rings. The summed E-state index contributed by atoms with van der Waals surface area (Å²) < 4.78 is 0. The van der Waals surface area contributed by atoms with Gasteiger partial charge in [0, 0.05) is 45.4 Å². The van der Waals surface area contributed by atoms with Gasteiger partial charge in [0.2, 0.25) is 5.91 Å². The molecule has 0 aliphatic carbocycles. The molecule has 0 bridgehead atoms. The van der Waals surface area contributed by atoms with Crippen LogP contribution in [-0.4, -0.2) is 43.7 Å². The summed E-state index contributed by atoms with van der Waals surface area (Å²) in [5.74, 6) is -0.330. The Balaban J connectivity index is 2.12. The van der Waals surface area contributed by atoms with Gasteiger partial charge >= 0.3 is 0 Å². The highest BCUT2D eigenvalue weighted by Crippen LogP contribution is 2.22. The molecule has 0 saturated heterocycles. The molecule has 21 heavy (non-hydrogen) atoms. The number of benzene rings is 1. The van der Waals surface area contributed by atoms with Crippen molar-refractivity contribution in [1.29, 1.82) is 0 Å². The molecule has 1 aromatic rings. The van der Waals surface area contributed by atoms with Crippen molar-refractivity contribution in [3.05, 3.63) is 23.8 Å². The normalized spacial score (nSPS) is 14.8. The van der Waals surface area contributed by atoms with E-state index in [1.54, 1.807) is 7.05 Å². The number of hydrazone groups is 1. The van der Waals surface area contributed by atoms with Crippen molar-refractivity contribution >= 4 is 28.9 Å². The van der Waals surface area contributed by atoms with Gasteiger partial charge in [-0.2, -0.15) is 5.10 Å². The minimum absolute atomic E-state index is 0.0715. The molecule has 0 unspecified atom stereocenters. The Morgan fingerprint density at radius 1 is 1.33 bits per heavy atom. The summed E-state index contributed by atoms with van der Waals surface area (Å²) in [5, 5.41) is 8.06. The average Bonchev–Trinajstić information content (AvgIpc) is 2.41. The molecule has 0 spiro atoms. The number of anilines is 2. The quantitative estimate of drug-likeness (QED) is 0.919. The van der Waals surface area contributed by atoms with E-state index < -0.39 is 0 Å². The second kappa shape index (κ2) is 5.95. The highest BCUT2D eigenvalue weighted by Gasteiger charge is 2.22. The minimum atomic E-state index is -0.258. The first-order chi connectivity index (χ1) is 9.88. The van der Waals surface area contributed by atoms with Gasteiger partial charge in [0.05, 0.1) is 0 Å². The molecular weight excluding hydrogens is 268 g/mol. The van der Waals surface area contributed by atoms with E-state index >= 15 is 0 Å². The zero-order chi connectivity index (χ0) is 15.6. The van der Waals surface area contributed by atoms with Crippen molar-refractivity contribution in [2.45, 2.75) is 19.8 Å². The number of rotatable bonds is 3. The van der Waals surface area contributed by atoms with Crippen LogP contribution >= 0.6 is 0 Å². The number of nitrogens with zero attached hydrogens (tertiary/aromatic N) is 3. The van der Waals surface area contributed by atoms with E-state index in [0.29, 0.717) is 18.6 Å². The molecule has 0 saturated carbocycles. The van der Waals surface area contributed by atoms with Gasteiger partial charge < -0.3 is 10.2 Å². The third-order valence-corrected chi connectivity index (χ3v) is 3.41. The van der Waals surface area contributed by atoms with Gasteiger partial charge in [0.25, 0.3) is 5.91 Å². The number of carbonyl (C=O) groups is 2. The van der Waals surface area contributed by atoms with Crippen LogP contribution in [0.5, 0.6) is 0 Å². The van der Waals surface area contributed by atoms with Crippen LogP contribution in [-0.2, 0) is 9.59 Å². The lowest BCUT2D eigenvalue weighted by atomic mass is 10.1. The molecule has 1 heterocycles. The van der Waals surface area contributed by atoms with Gasteiger partial charge in [-0.15, -0.1) is 0 Å². The highest BCUT2D eigenvalue weighted by atomic mass is 16.2. The first-order valence-corrected chi connectivity index (χ1v) is 6.82. The fourth-order valence-electron chi connectivity index (χ4n) is 2.27. The molecule has 1 aromatic carbocycles. The van der Waals surface area contributed by atoms with Crippen molar-refractivity contribution < 1.29 is 9.59 Å². The summed E-state index contributed by atoms with van der Waals surface area (Å²) in [6, 6.07) is 5.74. The van der Waals surface area contributed by atoms with Gasteiger partial charge in [0.1, 0.15) is 5.71 Å². The summed E-state index contributed by atoms with van der Waals surface area (Å²) in [6.45, 7) is 2.00. The molecule has 6 heteroatoms. The molecule has 6 nitrogen and oxygen atoms in total. The number of amides is 2. The third kappa shape index (κ3) is 3.39. The summed E-state index contributed by atoms with van der Waals surface area (Å²) in [6.07, 6.45) is 0.700. The first kappa shape index (κ1) is 15.0. The van der Waals surface area contributed by atoms with Crippen molar-refractivity contribution in [3.63, 3.8) is 0 Å². The maximum Gasteiger partial charge on any atom is 0.271 e.